The molecule has 0 aliphatic heterocycles. The van der Waals surface area contributed by atoms with Gasteiger partial charge in [-0.15, -0.1) is 0 Å². The molecule has 1 amide bonds. The zero-order valence-corrected chi connectivity index (χ0v) is 11.9. The molecule has 1 aromatic heterocycles. The van der Waals surface area contributed by atoms with Gasteiger partial charge in [-0.2, -0.15) is 0 Å². The number of hydrogen-bond acceptors (Lipinski definition) is 3. The summed E-state index contributed by atoms with van der Waals surface area (Å²) in [5.74, 6) is -0.347. The lowest BCUT2D eigenvalue weighted by atomic mass is 10.1. The Morgan fingerprint density at radius 2 is 2.09 bits per heavy atom. The third-order valence-electron chi connectivity index (χ3n) is 3.42. The Labute approximate surface area is 127 Å². The van der Waals surface area contributed by atoms with E-state index in [2.05, 4.69) is 10.3 Å². The summed E-state index contributed by atoms with van der Waals surface area (Å²) < 4.78 is 18.3. The molecule has 1 N–H and O–H groups in total. The lowest BCUT2D eigenvalue weighted by Crippen LogP contribution is -2.22. The van der Waals surface area contributed by atoms with Crippen molar-refractivity contribution < 1.29 is 13.6 Å². The number of hydrogen-bond donors (Lipinski definition) is 1. The van der Waals surface area contributed by atoms with Gasteiger partial charge in [-0.25, -0.2) is 9.37 Å². The first kappa shape index (κ1) is 14.3. The van der Waals surface area contributed by atoms with Gasteiger partial charge in [0.05, 0.1) is 0 Å². The Morgan fingerprint density at radius 3 is 2.95 bits per heavy atom. The molecule has 1 heterocycles. The average Bonchev–Trinajstić information content (AvgIpc) is 2.98. The summed E-state index contributed by atoms with van der Waals surface area (Å²) >= 11 is 0. The molecule has 3 aromatic rings. The average molecular weight is 298 g/mol. The van der Waals surface area contributed by atoms with Crippen LogP contribution in [0, 0.1) is 5.82 Å². The van der Waals surface area contributed by atoms with Crippen molar-refractivity contribution in [2.24, 2.45) is 0 Å². The van der Waals surface area contributed by atoms with Crippen molar-refractivity contribution in [1.82, 2.24) is 10.3 Å². The van der Waals surface area contributed by atoms with Crippen molar-refractivity contribution in [2.75, 3.05) is 0 Å². The van der Waals surface area contributed by atoms with Gasteiger partial charge in [-0.1, -0.05) is 18.2 Å². The second-order valence-corrected chi connectivity index (χ2v) is 5.06. The van der Waals surface area contributed by atoms with Crippen LogP contribution >= 0.6 is 0 Å². The molecule has 0 aliphatic rings. The van der Waals surface area contributed by atoms with Crippen LogP contribution in [-0.2, 0) is 17.8 Å². The summed E-state index contributed by atoms with van der Waals surface area (Å²) in [6.07, 6.45) is 2.24. The molecule has 2 aromatic carbocycles. The molecule has 5 heteroatoms. The lowest BCUT2D eigenvalue weighted by molar-refractivity contribution is -0.121. The first-order valence-electron chi connectivity index (χ1n) is 7.04. The van der Waals surface area contributed by atoms with Crippen LogP contribution in [0.2, 0.25) is 0 Å². The standard InChI is InChI=1S/C17H15FN2O2/c18-14-3-1-2-12(8-14)5-7-17(21)19-10-13-4-6-15-16(9-13)22-11-20-15/h1-4,6,8-9,11H,5,7,10H2,(H,19,21). The lowest BCUT2D eigenvalue weighted by Gasteiger charge is -2.05. The van der Waals surface area contributed by atoms with Crippen LogP contribution in [-0.4, -0.2) is 10.9 Å². The van der Waals surface area contributed by atoms with Gasteiger partial charge in [0.1, 0.15) is 11.3 Å². The topological polar surface area (TPSA) is 55.1 Å². The van der Waals surface area contributed by atoms with Gasteiger partial charge < -0.3 is 9.73 Å². The zero-order chi connectivity index (χ0) is 15.4. The van der Waals surface area contributed by atoms with E-state index in [-0.39, 0.29) is 11.7 Å². The Bertz CT molecular complexity index is 798. The van der Waals surface area contributed by atoms with Crippen LogP contribution in [0.25, 0.3) is 11.1 Å². The fraction of sp³-hybridized carbons (Fsp3) is 0.176. The van der Waals surface area contributed by atoms with Gasteiger partial charge in [0, 0.05) is 13.0 Å². The summed E-state index contributed by atoms with van der Waals surface area (Å²) in [5, 5.41) is 2.85. The number of aromatic nitrogens is 1. The molecule has 0 aliphatic carbocycles. The third-order valence-corrected chi connectivity index (χ3v) is 3.42. The van der Waals surface area contributed by atoms with Crippen LogP contribution < -0.4 is 5.32 Å². The maximum atomic E-state index is 13.0. The largest absolute Gasteiger partial charge is 0.443 e. The maximum absolute atomic E-state index is 13.0. The molecule has 0 radical (unpaired) electrons. The van der Waals surface area contributed by atoms with E-state index in [1.165, 1.54) is 18.5 Å². The minimum atomic E-state index is -0.279. The SMILES string of the molecule is O=C(CCc1cccc(F)c1)NCc1ccc2ncoc2c1. The molecular formula is C17H15FN2O2. The summed E-state index contributed by atoms with van der Waals surface area (Å²) in [5.41, 5.74) is 3.26. The molecule has 0 saturated heterocycles. The summed E-state index contributed by atoms with van der Waals surface area (Å²) in [6, 6.07) is 11.9. The highest BCUT2D eigenvalue weighted by atomic mass is 19.1. The van der Waals surface area contributed by atoms with Crippen molar-refractivity contribution in [1.29, 1.82) is 0 Å². The number of carbonyl (C=O) groups is 1. The van der Waals surface area contributed by atoms with Gasteiger partial charge in [0.2, 0.25) is 5.91 Å². The van der Waals surface area contributed by atoms with Crippen molar-refractivity contribution in [3.8, 4) is 0 Å². The molecule has 0 fully saturated rings. The van der Waals surface area contributed by atoms with Gasteiger partial charge in [-0.3, -0.25) is 4.79 Å². The van der Waals surface area contributed by atoms with Crippen molar-refractivity contribution in [3.63, 3.8) is 0 Å². The highest BCUT2D eigenvalue weighted by Crippen LogP contribution is 2.14. The number of fused-ring (bicyclic) bond motifs is 1. The number of rotatable bonds is 5. The van der Waals surface area contributed by atoms with E-state index < -0.39 is 0 Å². The molecule has 0 unspecified atom stereocenters. The fourth-order valence-corrected chi connectivity index (χ4v) is 2.25. The number of aryl methyl sites for hydroxylation is 1. The summed E-state index contributed by atoms with van der Waals surface area (Å²) in [7, 11) is 0. The highest BCUT2D eigenvalue weighted by Gasteiger charge is 2.05. The number of oxazole rings is 1. The molecule has 0 atom stereocenters. The van der Waals surface area contributed by atoms with Crippen LogP contribution in [0.1, 0.15) is 17.5 Å². The van der Waals surface area contributed by atoms with Gasteiger partial charge in [-0.05, 0) is 41.8 Å². The van der Waals surface area contributed by atoms with E-state index in [0.29, 0.717) is 25.0 Å². The molecule has 0 spiro atoms. The molecule has 4 nitrogen and oxygen atoms in total. The Hall–Kier alpha value is -2.69. The Morgan fingerprint density at radius 1 is 1.18 bits per heavy atom. The molecule has 0 bridgehead atoms. The van der Waals surface area contributed by atoms with Gasteiger partial charge in [0.25, 0.3) is 0 Å². The Balaban J connectivity index is 1.51. The van der Waals surface area contributed by atoms with E-state index >= 15 is 0 Å². The van der Waals surface area contributed by atoms with E-state index in [9.17, 15) is 9.18 Å². The first-order chi connectivity index (χ1) is 10.7. The van der Waals surface area contributed by atoms with Crippen LogP contribution in [0.4, 0.5) is 4.39 Å². The van der Waals surface area contributed by atoms with E-state index in [1.807, 2.05) is 24.3 Å². The maximum Gasteiger partial charge on any atom is 0.220 e. The second kappa shape index (κ2) is 6.39. The van der Waals surface area contributed by atoms with E-state index in [1.54, 1.807) is 6.07 Å². The van der Waals surface area contributed by atoms with Crippen LogP contribution in [0.5, 0.6) is 0 Å². The number of nitrogens with one attached hydrogen (secondary N) is 1. The normalized spacial score (nSPS) is 10.8. The highest BCUT2D eigenvalue weighted by molar-refractivity contribution is 5.76. The van der Waals surface area contributed by atoms with Gasteiger partial charge in [0.15, 0.2) is 12.0 Å². The second-order valence-electron chi connectivity index (χ2n) is 5.06. The third kappa shape index (κ3) is 3.49. The number of benzene rings is 2. The predicted molar refractivity (Wildman–Crippen MR) is 80.6 cm³/mol. The number of halogens is 1. The summed E-state index contributed by atoms with van der Waals surface area (Å²) in [6.45, 7) is 0.429. The van der Waals surface area contributed by atoms with Crippen molar-refractivity contribution >= 4 is 17.0 Å². The Kier molecular flexibility index (Phi) is 4.14. The number of amides is 1. The molecule has 22 heavy (non-hydrogen) atoms. The van der Waals surface area contributed by atoms with Crippen molar-refractivity contribution in [2.45, 2.75) is 19.4 Å². The fourth-order valence-electron chi connectivity index (χ4n) is 2.25. The minimum Gasteiger partial charge on any atom is -0.443 e. The minimum absolute atomic E-state index is 0.0677. The van der Waals surface area contributed by atoms with E-state index in [4.69, 9.17) is 4.42 Å². The molecule has 112 valence electrons. The smallest absolute Gasteiger partial charge is 0.220 e. The molecule has 0 saturated carbocycles. The quantitative estimate of drug-likeness (QED) is 0.787. The van der Waals surface area contributed by atoms with Crippen molar-refractivity contribution in [3.05, 3.63) is 65.8 Å². The van der Waals surface area contributed by atoms with Gasteiger partial charge >= 0.3 is 0 Å². The van der Waals surface area contributed by atoms with Crippen LogP contribution in [0.15, 0.2) is 53.3 Å². The number of carbonyl (C=O) groups excluding carboxylic acids is 1. The molecule has 3 rings (SSSR count). The van der Waals surface area contributed by atoms with E-state index in [0.717, 1.165) is 16.6 Å². The van der Waals surface area contributed by atoms with Crippen LogP contribution in [0.3, 0.4) is 0 Å². The summed E-state index contributed by atoms with van der Waals surface area (Å²) in [4.78, 5) is 15.9. The first-order valence-corrected chi connectivity index (χ1v) is 7.04. The molecular weight excluding hydrogens is 283 g/mol. The number of nitrogens with zero attached hydrogens (tertiary/aromatic N) is 1. The predicted octanol–water partition coefficient (Wildman–Crippen LogP) is 3.22. The monoisotopic (exact) mass is 298 g/mol. The zero-order valence-electron chi connectivity index (χ0n) is 11.9.